The molecule has 1 N–H and O–H groups in total. The molecule has 134 valence electrons. The number of nitrogens with one attached hydrogen (secondary N) is 1. The fourth-order valence-electron chi connectivity index (χ4n) is 2.86. The van der Waals surface area contributed by atoms with Crippen LogP contribution < -0.4 is 10.1 Å². The number of aryl methyl sites for hydroxylation is 1. The van der Waals surface area contributed by atoms with Gasteiger partial charge in [0.25, 0.3) is 0 Å². The molecule has 0 unspecified atom stereocenters. The van der Waals surface area contributed by atoms with Crippen LogP contribution in [0.3, 0.4) is 0 Å². The van der Waals surface area contributed by atoms with E-state index in [-0.39, 0.29) is 0 Å². The molecule has 0 spiro atoms. The summed E-state index contributed by atoms with van der Waals surface area (Å²) in [5, 5.41) is 3.27. The highest BCUT2D eigenvalue weighted by Crippen LogP contribution is 2.23. The molecule has 0 radical (unpaired) electrons. The van der Waals surface area contributed by atoms with Gasteiger partial charge in [-0.1, -0.05) is 36.4 Å². The van der Waals surface area contributed by atoms with Crippen LogP contribution in [0.2, 0.25) is 0 Å². The van der Waals surface area contributed by atoms with Gasteiger partial charge in [-0.05, 0) is 31.2 Å². The summed E-state index contributed by atoms with van der Waals surface area (Å²) in [5.74, 6) is 0.544. The lowest BCUT2D eigenvalue weighted by molar-refractivity contribution is 0.373. The van der Waals surface area contributed by atoms with E-state index in [4.69, 9.17) is 4.74 Å². The lowest BCUT2D eigenvalue weighted by atomic mass is 10.1. The molecular formula is C21H19N5O. The van der Waals surface area contributed by atoms with Gasteiger partial charge in [0, 0.05) is 23.6 Å². The Morgan fingerprint density at radius 1 is 0.963 bits per heavy atom. The van der Waals surface area contributed by atoms with Crippen molar-refractivity contribution in [3.05, 3.63) is 78.8 Å². The summed E-state index contributed by atoms with van der Waals surface area (Å²) in [6.45, 7) is 1.93. The van der Waals surface area contributed by atoms with Crippen LogP contribution in [0.15, 0.2) is 73.1 Å². The summed E-state index contributed by atoms with van der Waals surface area (Å²) >= 11 is 0. The van der Waals surface area contributed by atoms with Crippen LogP contribution in [0.1, 0.15) is 5.69 Å². The van der Waals surface area contributed by atoms with Crippen molar-refractivity contribution in [2.75, 3.05) is 12.4 Å². The molecule has 0 atom stereocenters. The molecule has 4 aromatic rings. The van der Waals surface area contributed by atoms with Gasteiger partial charge in [-0.25, -0.2) is 15.0 Å². The summed E-state index contributed by atoms with van der Waals surface area (Å²) in [5.41, 5.74) is 4.64. The zero-order valence-corrected chi connectivity index (χ0v) is 15.1. The fraction of sp³-hybridized carbons (Fsp3) is 0.0952. The van der Waals surface area contributed by atoms with Gasteiger partial charge in [-0.15, -0.1) is 0 Å². The van der Waals surface area contributed by atoms with Crippen molar-refractivity contribution in [3.63, 3.8) is 0 Å². The third-order valence-electron chi connectivity index (χ3n) is 4.08. The van der Waals surface area contributed by atoms with E-state index >= 15 is 0 Å². The van der Waals surface area contributed by atoms with E-state index in [2.05, 4.69) is 20.3 Å². The minimum Gasteiger partial charge on any atom is -0.468 e. The molecule has 2 aromatic heterocycles. The zero-order valence-electron chi connectivity index (χ0n) is 15.1. The third-order valence-corrected chi connectivity index (χ3v) is 4.08. The first-order valence-electron chi connectivity index (χ1n) is 8.59. The van der Waals surface area contributed by atoms with Crippen molar-refractivity contribution in [2.45, 2.75) is 6.92 Å². The number of anilines is 2. The first-order chi connectivity index (χ1) is 13.2. The summed E-state index contributed by atoms with van der Waals surface area (Å²) in [6.07, 6.45) is 3.69. The van der Waals surface area contributed by atoms with Gasteiger partial charge in [0.2, 0.25) is 5.95 Å². The highest BCUT2D eigenvalue weighted by atomic mass is 16.5. The van der Waals surface area contributed by atoms with E-state index < -0.39 is 0 Å². The number of hydrogen-bond donors (Lipinski definition) is 1. The molecule has 2 heterocycles. The molecule has 6 heteroatoms. The molecule has 6 nitrogen and oxygen atoms in total. The van der Waals surface area contributed by atoms with Crippen LogP contribution >= 0.6 is 0 Å². The minimum atomic E-state index is 0.544. The van der Waals surface area contributed by atoms with Crippen LogP contribution in [0.25, 0.3) is 16.9 Å². The molecule has 0 saturated heterocycles. The molecule has 0 aliphatic heterocycles. The number of imidazole rings is 1. The van der Waals surface area contributed by atoms with E-state index in [0.717, 1.165) is 28.3 Å². The van der Waals surface area contributed by atoms with Gasteiger partial charge < -0.3 is 10.1 Å². The van der Waals surface area contributed by atoms with E-state index in [1.807, 2.05) is 78.4 Å². The van der Waals surface area contributed by atoms with Gasteiger partial charge in [0.05, 0.1) is 24.2 Å². The Kier molecular flexibility index (Phi) is 4.53. The van der Waals surface area contributed by atoms with Gasteiger partial charge in [0.1, 0.15) is 0 Å². The molecule has 0 amide bonds. The third kappa shape index (κ3) is 3.64. The molecule has 27 heavy (non-hydrogen) atoms. The van der Waals surface area contributed by atoms with E-state index in [9.17, 15) is 0 Å². The van der Waals surface area contributed by atoms with Crippen LogP contribution in [-0.2, 0) is 0 Å². The fourth-order valence-corrected chi connectivity index (χ4v) is 2.86. The van der Waals surface area contributed by atoms with Gasteiger partial charge in [0.15, 0.2) is 0 Å². The molecular weight excluding hydrogens is 338 g/mol. The van der Waals surface area contributed by atoms with Crippen LogP contribution in [0.5, 0.6) is 6.01 Å². The molecule has 4 rings (SSSR count). The van der Waals surface area contributed by atoms with Gasteiger partial charge in [-0.2, -0.15) is 0 Å². The van der Waals surface area contributed by atoms with Crippen LogP contribution in [0.4, 0.5) is 11.6 Å². The molecule has 0 saturated carbocycles. The largest absolute Gasteiger partial charge is 0.468 e. The summed E-state index contributed by atoms with van der Waals surface area (Å²) < 4.78 is 7.25. The Balaban J connectivity index is 1.62. The number of hydrogen-bond acceptors (Lipinski definition) is 5. The minimum absolute atomic E-state index is 0.544. The number of ether oxygens (including phenoxy) is 1. The molecule has 0 fully saturated rings. The Hall–Kier alpha value is -3.67. The Morgan fingerprint density at radius 3 is 2.63 bits per heavy atom. The van der Waals surface area contributed by atoms with Crippen molar-refractivity contribution in [2.24, 2.45) is 0 Å². The Bertz CT molecular complexity index is 1060. The van der Waals surface area contributed by atoms with Crippen molar-refractivity contribution in [1.82, 2.24) is 19.5 Å². The highest BCUT2D eigenvalue weighted by molar-refractivity contribution is 5.63. The maximum atomic E-state index is 5.35. The van der Waals surface area contributed by atoms with Gasteiger partial charge >= 0.3 is 6.01 Å². The lowest BCUT2D eigenvalue weighted by Gasteiger charge is -2.10. The monoisotopic (exact) mass is 357 g/mol. The quantitative estimate of drug-likeness (QED) is 0.574. The van der Waals surface area contributed by atoms with E-state index in [1.165, 1.54) is 0 Å². The van der Waals surface area contributed by atoms with E-state index in [1.54, 1.807) is 13.3 Å². The molecule has 2 aromatic carbocycles. The second-order valence-corrected chi connectivity index (χ2v) is 6.05. The predicted octanol–water partition coefficient (Wildman–Crippen LogP) is 4.39. The maximum absolute atomic E-state index is 5.35. The highest BCUT2D eigenvalue weighted by Gasteiger charge is 2.09. The number of benzene rings is 2. The zero-order chi connectivity index (χ0) is 18.6. The van der Waals surface area contributed by atoms with Crippen molar-refractivity contribution < 1.29 is 4.74 Å². The average molecular weight is 357 g/mol. The standard InChI is InChI=1S/C21H19N5O/c1-15-14-26(21(23-15)27-2)18-10-6-9-17(13-18)24-20-22-12-11-19(25-20)16-7-4-3-5-8-16/h3-14H,1-2H3,(H,22,24,25). The topological polar surface area (TPSA) is 64.9 Å². The Labute approximate surface area is 157 Å². The van der Waals surface area contributed by atoms with Crippen LogP contribution in [0, 0.1) is 6.92 Å². The number of methoxy groups -OCH3 is 1. The second kappa shape index (κ2) is 7.29. The molecule has 0 aliphatic rings. The number of nitrogens with zero attached hydrogens (tertiary/aromatic N) is 4. The van der Waals surface area contributed by atoms with Crippen molar-refractivity contribution >= 4 is 11.6 Å². The Morgan fingerprint density at radius 2 is 1.81 bits per heavy atom. The SMILES string of the molecule is COc1nc(C)cn1-c1cccc(Nc2nccc(-c3ccccc3)n2)c1. The van der Waals surface area contributed by atoms with Gasteiger partial charge in [-0.3, -0.25) is 4.57 Å². The average Bonchev–Trinajstić information content (AvgIpc) is 3.10. The predicted molar refractivity (Wildman–Crippen MR) is 106 cm³/mol. The summed E-state index contributed by atoms with van der Waals surface area (Å²) in [6, 6.07) is 20.4. The summed E-state index contributed by atoms with van der Waals surface area (Å²) in [4.78, 5) is 13.3. The number of rotatable bonds is 5. The van der Waals surface area contributed by atoms with Crippen molar-refractivity contribution in [1.29, 1.82) is 0 Å². The van der Waals surface area contributed by atoms with Crippen LogP contribution in [-0.4, -0.2) is 26.6 Å². The smallest absolute Gasteiger partial charge is 0.300 e. The van der Waals surface area contributed by atoms with Crippen molar-refractivity contribution in [3.8, 4) is 23.0 Å². The lowest BCUT2D eigenvalue weighted by Crippen LogP contribution is -2.00. The normalized spacial score (nSPS) is 10.6. The molecule has 0 bridgehead atoms. The number of aromatic nitrogens is 4. The van der Waals surface area contributed by atoms with E-state index in [0.29, 0.717) is 12.0 Å². The second-order valence-electron chi connectivity index (χ2n) is 6.05. The maximum Gasteiger partial charge on any atom is 0.300 e. The first kappa shape index (κ1) is 16.8. The first-order valence-corrected chi connectivity index (χ1v) is 8.59. The molecule has 0 aliphatic carbocycles. The summed E-state index contributed by atoms with van der Waals surface area (Å²) in [7, 11) is 1.61.